The Balaban J connectivity index is 1.57. The molecular weight excluding hydrogens is 324 g/mol. The number of fused-ring (bicyclic) bond motifs is 1. The standard InChI is InChI=1S/C18H16N2O3S/c1-12(16-7-4-10-24-16)19-17(21)11-23-18(22)15-9-8-13-5-2-3-6-14(13)20-15/h2-10,12H,11H2,1H3,(H,19,21)/t12-/m0/s1. The van der Waals surface area contributed by atoms with Crippen molar-refractivity contribution in [3.8, 4) is 0 Å². The summed E-state index contributed by atoms with van der Waals surface area (Å²) >= 11 is 1.56. The van der Waals surface area contributed by atoms with Gasteiger partial charge in [-0.3, -0.25) is 4.79 Å². The largest absolute Gasteiger partial charge is 0.451 e. The third-order valence-corrected chi connectivity index (χ3v) is 4.54. The molecule has 1 N–H and O–H groups in total. The molecule has 3 rings (SSSR count). The topological polar surface area (TPSA) is 68.3 Å². The molecule has 1 amide bonds. The van der Waals surface area contributed by atoms with Crippen molar-refractivity contribution < 1.29 is 14.3 Å². The minimum atomic E-state index is -0.611. The molecule has 3 aromatic rings. The number of hydrogen-bond donors (Lipinski definition) is 1. The number of esters is 1. The first-order chi connectivity index (χ1) is 11.6. The molecule has 0 aliphatic rings. The molecule has 2 heterocycles. The van der Waals surface area contributed by atoms with Crippen LogP contribution in [0.1, 0.15) is 28.3 Å². The van der Waals surface area contributed by atoms with Crippen LogP contribution in [0.4, 0.5) is 0 Å². The van der Waals surface area contributed by atoms with Gasteiger partial charge in [0, 0.05) is 10.3 Å². The summed E-state index contributed by atoms with van der Waals surface area (Å²) in [6.45, 7) is 1.56. The summed E-state index contributed by atoms with van der Waals surface area (Å²) in [5.41, 5.74) is 0.899. The molecule has 0 fully saturated rings. The van der Waals surface area contributed by atoms with Crippen LogP contribution in [0.15, 0.2) is 53.9 Å². The van der Waals surface area contributed by atoms with E-state index in [1.165, 1.54) is 0 Å². The van der Waals surface area contributed by atoms with Crippen molar-refractivity contribution >= 4 is 34.1 Å². The van der Waals surface area contributed by atoms with Gasteiger partial charge < -0.3 is 10.1 Å². The Morgan fingerprint density at radius 3 is 2.79 bits per heavy atom. The van der Waals surface area contributed by atoms with Crippen molar-refractivity contribution in [1.29, 1.82) is 0 Å². The molecule has 5 nitrogen and oxygen atoms in total. The molecule has 122 valence electrons. The van der Waals surface area contributed by atoms with Gasteiger partial charge in [0.2, 0.25) is 0 Å². The van der Waals surface area contributed by atoms with Crippen LogP contribution >= 0.6 is 11.3 Å². The number of amides is 1. The third kappa shape index (κ3) is 3.78. The molecule has 0 saturated heterocycles. The molecule has 0 aliphatic carbocycles. The van der Waals surface area contributed by atoms with E-state index >= 15 is 0 Å². The average molecular weight is 340 g/mol. The van der Waals surface area contributed by atoms with Gasteiger partial charge in [0.15, 0.2) is 6.61 Å². The van der Waals surface area contributed by atoms with Crippen LogP contribution in [0.25, 0.3) is 10.9 Å². The summed E-state index contributed by atoms with van der Waals surface area (Å²) in [6.07, 6.45) is 0. The van der Waals surface area contributed by atoms with Gasteiger partial charge in [-0.2, -0.15) is 0 Å². The maximum Gasteiger partial charge on any atom is 0.357 e. The smallest absolute Gasteiger partial charge is 0.357 e. The lowest BCUT2D eigenvalue weighted by atomic mass is 10.2. The number of carbonyl (C=O) groups is 2. The highest BCUT2D eigenvalue weighted by Gasteiger charge is 2.14. The van der Waals surface area contributed by atoms with Crippen LogP contribution < -0.4 is 5.32 Å². The highest BCUT2D eigenvalue weighted by atomic mass is 32.1. The summed E-state index contributed by atoms with van der Waals surface area (Å²) < 4.78 is 5.05. The molecule has 24 heavy (non-hydrogen) atoms. The van der Waals surface area contributed by atoms with Gasteiger partial charge in [-0.25, -0.2) is 9.78 Å². The first kappa shape index (κ1) is 16.1. The Morgan fingerprint density at radius 2 is 2.00 bits per heavy atom. The van der Waals surface area contributed by atoms with E-state index in [9.17, 15) is 9.59 Å². The molecule has 0 bridgehead atoms. The van der Waals surface area contributed by atoms with Crippen LogP contribution in [0.2, 0.25) is 0 Å². The maximum atomic E-state index is 12.0. The van der Waals surface area contributed by atoms with Crippen LogP contribution in [0, 0.1) is 0 Å². The number of pyridine rings is 1. The summed E-state index contributed by atoms with van der Waals surface area (Å²) in [5, 5.41) is 5.68. The number of hydrogen-bond acceptors (Lipinski definition) is 5. The van der Waals surface area contributed by atoms with E-state index in [2.05, 4.69) is 10.3 Å². The molecule has 0 spiro atoms. The number of nitrogens with zero attached hydrogens (tertiary/aromatic N) is 1. The van der Waals surface area contributed by atoms with E-state index in [0.29, 0.717) is 5.52 Å². The van der Waals surface area contributed by atoms with E-state index in [4.69, 9.17) is 4.74 Å². The minimum absolute atomic E-state index is 0.116. The third-order valence-electron chi connectivity index (χ3n) is 3.49. The van der Waals surface area contributed by atoms with Crippen LogP contribution in [-0.4, -0.2) is 23.5 Å². The SMILES string of the molecule is C[C@H](NC(=O)COC(=O)c1ccc2ccccc2n1)c1cccs1. The number of para-hydroxylation sites is 1. The molecule has 0 aliphatic heterocycles. The van der Waals surface area contributed by atoms with Crippen molar-refractivity contribution in [2.24, 2.45) is 0 Å². The molecule has 1 aromatic carbocycles. The fraction of sp³-hybridized carbons (Fsp3) is 0.167. The van der Waals surface area contributed by atoms with E-state index in [1.807, 2.05) is 48.7 Å². The van der Waals surface area contributed by atoms with Crippen molar-refractivity contribution in [3.63, 3.8) is 0 Å². The van der Waals surface area contributed by atoms with Gasteiger partial charge >= 0.3 is 5.97 Å². The van der Waals surface area contributed by atoms with Crippen molar-refractivity contribution in [2.75, 3.05) is 6.61 Å². The molecular formula is C18H16N2O3S. The maximum absolute atomic E-state index is 12.0. The Bertz CT molecular complexity index is 862. The second-order valence-electron chi connectivity index (χ2n) is 5.27. The number of aromatic nitrogens is 1. The first-order valence-corrected chi connectivity index (χ1v) is 8.37. The molecule has 1 atom stereocenters. The lowest BCUT2D eigenvalue weighted by Crippen LogP contribution is -2.30. The number of carbonyl (C=O) groups excluding carboxylic acids is 2. The zero-order valence-corrected chi connectivity index (χ0v) is 13.9. The quantitative estimate of drug-likeness (QED) is 0.723. The fourth-order valence-electron chi connectivity index (χ4n) is 2.28. The van der Waals surface area contributed by atoms with Crippen molar-refractivity contribution in [3.05, 3.63) is 64.5 Å². The summed E-state index contributed by atoms with van der Waals surface area (Å²) in [4.78, 5) is 29.2. The predicted molar refractivity (Wildman–Crippen MR) is 92.9 cm³/mol. The second kappa shape index (κ2) is 7.23. The minimum Gasteiger partial charge on any atom is -0.451 e. The summed E-state index contributed by atoms with van der Waals surface area (Å²) in [6, 6.07) is 14.6. The van der Waals surface area contributed by atoms with Crippen molar-refractivity contribution in [2.45, 2.75) is 13.0 Å². The van der Waals surface area contributed by atoms with Crippen LogP contribution in [-0.2, 0) is 9.53 Å². The van der Waals surface area contributed by atoms with E-state index < -0.39 is 5.97 Å². The number of rotatable bonds is 5. The molecule has 0 radical (unpaired) electrons. The zero-order valence-electron chi connectivity index (χ0n) is 13.1. The molecule has 6 heteroatoms. The summed E-state index contributed by atoms with van der Waals surface area (Å²) in [5.74, 6) is -0.954. The number of ether oxygens (including phenoxy) is 1. The fourth-order valence-corrected chi connectivity index (χ4v) is 3.01. The Hall–Kier alpha value is -2.73. The molecule has 2 aromatic heterocycles. The normalized spacial score (nSPS) is 11.9. The lowest BCUT2D eigenvalue weighted by Gasteiger charge is -2.12. The highest BCUT2D eigenvalue weighted by Crippen LogP contribution is 2.18. The van der Waals surface area contributed by atoms with Crippen LogP contribution in [0.3, 0.4) is 0 Å². The Kier molecular flexibility index (Phi) is 4.86. The van der Waals surface area contributed by atoms with Crippen molar-refractivity contribution in [1.82, 2.24) is 10.3 Å². The Morgan fingerprint density at radius 1 is 1.17 bits per heavy atom. The van der Waals surface area contributed by atoms with E-state index in [0.717, 1.165) is 10.3 Å². The lowest BCUT2D eigenvalue weighted by molar-refractivity contribution is -0.124. The molecule has 0 saturated carbocycles. The van der Waals surface area contributed by atoms with Gasteiger partial charge in [-0.15, -0.1) is 11.3 Å². The van der Waals surface area contributed by atoms with Gasteiger partial charge in [-0.05, 0) is 30.5 Å². The van der Waals surface area contributed by atoms with E-state index in [1.54, 1.807) is 23.5 Å². The monoisotopic (exact) mass is 340 g/mol. The predicted octanol–water partition coefficient (Wildman–Crippen LogP) is 3.33. The van der Waals surface area contributed by atoms with E-state index in [-0.39, 0.29) is 24.2 Å². The number of benzene rings is 1. The van der Waals surface area contributed by atoms with Gasteiger partial charge in [0.05, 0.1) is 11.6 Å². The number of nitrogens with one attached hydrogen (secondary N) is 1. The van der Waals surface area contributed by atoms with Crippen LogP contribution in [0.5, 0.6) is 0 Å². The number of thiophene rings is 1. The van der Waals surface area contributed by atoms with Gasteiger partial charge in [0.25, 0.3) is 5.91 Å². The van der Waals surface area contributed by atoms with Gasteiger partial charge in [0.1, 0.15) is 5.69 Å². The summed E-state index contributed by atoms with van der Waals surface area (Å²) in [7, 11) is 0. The highest BCUT2D eigenvalue weighted by molar-refractivity contribution is 7.10. The molecule has 0 unspecified atom stereocenters. The van der Waals surface area contributed by atoms with Gasteiger partial charge in [-0.1, -0.05) is 30.3 Å². The second-order valence-corrected chi connectivity index (χ2v) is 6.25. The first-order valence-electron chi connectivity index (χ1n) is 7.49. The Labute approximate surface area is 143 Å². The average Bonchev–Trinajstić information content (AvgIpc) is 3.14. The zero-order chi connectivity index (χ0) is 16.9.